The van der Waals surface area contributed by atoms with E-state index in [1.54, 1.807) is 0 Å². The lowest BCUT2D eigenvalue weighted by atomic mass is 10.1. The molecule has 0 amide bonds. The van der Waals surface area contributed by atoms with Crippen LogP contribution in [0.1, 0.15) is 25.6 Å². The fourth-order valence-electron chi connectivity index (χ4n) is 2.10. The highest BCUT2D eigenvalue weighted by Crippen LogP contribution is 2.07. The van der Waals surface area contributed by atoms with E-state index in [1.165, 1.54) is 0 Å². The van der Waals surface area contributed by atoms with Crippen molar-refractivity contribution in [1.29, 1.82) is 0 Å². The largest absolute Gasteiger partial charge is 0.340 e. The van der Waals surface area contributed by atoms with Crippen LogP contribution in [0.3, 0.4) is 0 Å². The van der Waals surface area contributed by atoms with Gasteiger partial charge in [-0.2, -0.15) is 4.98 Å². The second-order valence-electron chi connectivity index (χ2n) is 4.63. The van der Waals surface area contributed by atoms with Gasteiger partial charge in [0.2, 0.25) is 5.89 Å². The molecule has 5 nitrogen and oxygen atoms in total. The van der Waals surface area contributed by atoms with Gasteiger partial charge in [0.05, 0.1) is 0 Å². The molecule has 1 N–H and O–H groups in total. The van der Waals surface area contributed by atoms with Crippen LogP contribution < -0.4 is 5.32 Å². The van der Waals surface area contributed by atoms with Gasteiger partial charge in [-0.05, 0) is 13.8 Å². The molecule has 0 aliphatic carbocycles. The summed E-state index contributed by atoms with van der Waals surface area (Å²) in [5.41, 5.74) is 0. The zero-order valence-corrected chi connectivity index (χ0v) is 10.2. The van der Waals surface area contributed by atoms with Crippen LogP contribution in [-0.4, -0.2) is 46.8 Å². The van der Waals surface area contributed by atoms with Crippen LogP contribution in [0.4, 0.5) is 0 Å². The monoisotopic (exact) mass is 224 g/mol. The standard InChI is InChI=1S/C11H20N4O/c1-8-7-15(9(2)6-12-8)5-4-11-13-10(3)16-14-11/h8-9,12H,4-7H2,1-3H3. The lowest BCUT2D eigenvalue weighted by Crippen LogP contribution is -2.54. The lowest BCUT2D eigenvalue weighted by molar-refractivity contribution is 0.147. The molecule has 0 spiro atoms. The summed E-state index contributed by atoms with van der Waals surface area (Å²) >= 11 is 0. The second-order valence-corrected chi connectivity index (χ2v) is 4.63. The van der Waals surface area contributed by atoms with Gasteiger partial charge in [0.15, 0.2) is 5.82 Å². The van der Waals surface area contributed by atoms with Gasteiger partial charge >= 0.3 is 0 Å². The molecule has 16 heavy (non-hydrogen) atoms. The van der Waals surface area contributed by atoms with E-state index in [-0.39, 0.29) is 0 Å². The maximum absolute atomic E-state index is 4.96. The van der Waals surface area contributed by atoms with Crippen LogP contribution in [0.2, 0.25) is 0 Å². The first-order valence-corrected chi connectivity index (χ1v) is 5.92. The summed E-state index contributed by atoms with van der Waals surface area (Å²) in [6.45, 7) is 9.46. The number of hydrogen-bond acceptors (Lipinski definition) is 5. The van der Waals surface area contributed by atoms with Crippen molar-refractivity contribution in [2.45, 2.75) is 39.3 Å². The molecule has 2 heterocycles. The van der Waals surface area contributed by atoms with Gasteiger partial charge in [-0.3, -0.25) is 4.90 Å². The summed E-state index contributed by atoms with van der Waals surface area (Å²) < 4.78 is 4.96. The van der Waals surface area contributed by atoms with E-state index >= 15 is 0 Å². The second kappa shape index (κ2) is 4.93. The minimum atomic E-state index is 0.572. The number of aromatic nitrogens is 2. The van der Waals surface area contributed by atoms with Crippen molar-refractivity contribution in [3.8, 4) is 0 Å². The van der Waals surface area contributed by atoms with Crippen LogP contribution in [0, 0.1) is 6.92 Å². The molecular formula is C11H20N4O. The molecule has 0 saturated carbocycles. The Kier molecular flexibility index (Phi) is 3.56. The molecule has 2 unspecified atom stereocenters. The molecule has 1 aromatic rings. The molecule has 2 atom stereocenters. The van der Waals surface area contributed by atoms with Crippen molar-refractivity contribution in [3.05, 3.63) is 11.7 Å². The number of piperazine rings is 1. The summed E-state index contributed by atoms with van der Waals surface area (Å²) in [6, 6.07) is 1.16. The predicted molar refractivity (Wildman–Crippen MR) is 61.2 cm³/mol. The Morgan fingerprint density at radius 3 is 3.00 bits per heavy atom. The van der Waals surface area contributed by atoms with Crippen LogP contribution in [0.5, 0.6) is 0 Å². The van der Waals surface area contributed by atoms with Gasteiger partial charge in [-0.15, -0.1) is 0 Å². The van der Waals surface area contributed by atoms with Gasteiger partial charge in [-0.25, -0.2) is 0 Å². The van der Waals surface area contributed by atoms with Crippen molar-refractivity contribution in [2.75, 3.05) is 19.6 Å². The molecule has 0 bridgehead atoms. The van der Waals surface area contributed by atoms with Gasteiger partial charge in [0.1, 0.15) is 0 Å². The summed E-state index contributed by atoms with van der Waals surface area (Å²) in [5.74, 6) is 1.47. The Balaban J connectivity index is 1.84. The van der Waals surface area contributed by atoms with Gasteiger partial charge in [-0.1, -0.05) is 5.16 Å². The molecule has 1 fully saturated rings. The third-order valence-corrected chi connectivity index (χ3v) is 3.09. The summed E-state index contributed by atoms with van der Waals surface area (Å²) in [7, 11) is 0. The Morgan fingerprint density at radius 1 is 1.50 bits per heavy atom. The van der Waals surface area contributed by atoms with Crippen LogP contribution >= 0.6 is 0 Å². The first kappa shape index (κ1) is 11.5. The van der Waals surface area contributed by atoms with Crippen molar-refractivity contribution in [3.63, 3.8) is 0 Å². The molecule has 1 saturated heterocycles. The summed E-state index contributed by atoms with van der Waals surface area (Å²) in [5, 5.41) is 7.39. The van der Waals surface area contributed by atoms with Gasteiger partial charge < -0.3 is 9.84 Å². The quantitative estimate of drug-likeness (QED) is 0.815. The van der Waals surface area contributed by atoms with E-state index in [1.807, 2.05) is 6.92 Å². The van der Waals surface area contributed by atoms with Gasteiger partial charge in [0.25, 0.3) is 0 Å². The minimum absolute atomic E-state index is 0.572. The highest BCUT2D eigenvalue weighted by Gasteiger charge is 2.22. The van der Waals surface area contributed by atoms with Crippen LogP contribution in [0.15, 0.2) is 4.52 Å². The maximum atomic E-state index is 4.96. The van der Waals surface area contributed by atoms with Crippen molar-refractivity contribution < 1.29 is 4.52 Å². The normalized spacial score (nSPS) is 27.2. The Morgan fingerprint density at radius 2 is 2.31 bits per heavy atom. The van der Waals surface area contributed by atoms with Crippen molar-refractivity contribution in [2.24, 2.45) is 0 Å². The van der Waals surface area contributed by atoms with Gasteiger partial charge in [0, 0.05) is 45.1 Å². The van der Waals surface area contributed by atoms with E-state index in [2.05, 4.69) is 34.2 Å². The zero-order chi connectivity index (χ0) is 11.5. The molecule has 90 valence electrons. The summed E-state index contributed by atoms with van der Waals surface area (Å²) in [4.78, 5) is 6.70. The number of hydrogen-bond donors (Lipinski definition) is 1. The number of rotatable bonds is 3. The molecular weight excluding hydrogens is 204 g/mol. The number of nitrogens with one attached hydrogen (secondary N) is 1. The molecule has 5 heteroatoms. The van der Waals surface area contributed by atoms with Crippen molar-refractivity contribution in [1.82, 2.24) is 20.4 Å². The van der Waals surface area contributed by atoms with E-state index in [4.69, 9.17) is 4.52 Å². The maximum Gasteiger partial charge on any atom is 0.223 e. The molecule has 2 rings (SSSR count). The Labute approximate surface area is 96.2 Å². The number of nitrogens with zero attached hydrogens (tertiary/aromatic N) is 3. The Bertz CT molecular complexity index is 338. The SMILES string of the molecule is Cc1nc(CCN2CC(C)NCC2C)no1. The molecule has 1 aliphatic heterocycles. The molecule has 0 radical (unpaired) electrons. The predicted octanol–water partition coefficient (Wildman–Crippen LogP) is 0.603. The fourth-order valence-corrected chi connectivity index (χ4v) is 2.10. The molecule has 1 aliphatic rings. The number of aryl methyl sites for hydroxylation is 1. The molecule has 1 aromatic heterocycles. The minimum Gasteiger partial charge on any atom is -0.340 e. The summed E-state index contributed by atoms with van der Waals surface area (Å²) in [6.07, 6.45) is 0.869. The Hall–Kier alpha value is -0.940. The average Bonchev–Trinajstić information content (AvgIpc) is 2.66. The first-order chi connectivity index (χ1) is 7.65. The van der Waals surface area contributed by atoms with Crippen LogP contribution in [0.25, 0.3) is 0 Å². The third kappa shape index (κ3) is 2.80. The fraction of sp³-hybridized carbons (Fsp3) is 0.818. The smallest absolute Gasteiger partial charge is 0.223 e. The first-order valence-electron chi connectivity index (χ1n) is 5.92. The van der Waals surface area contributed by atoms with Crippen LogP contribution in [-0.2, 0) is 6.42 Å². The highest BCUT2D eigenvalue weighted by atomic mass is 16.5. The highest BCUT2D eigenvalue weighted by molar-refractivity contribution is 4.88. The van der Waals surface area contributed by atoms with E-state index in [9.17, 15) is 0 Å². The van der Waals surface area contributed by atoms with E-state index < -0.39 is 0 Å². The topological polar surface area (TPSA) is 54.2 Å². The third-order valence-electron chi connectivity index (χ3n) is 3.09. The van der Waals surface area contributed by atoms with E-state index in [0.29, 0.717) is 18.0 Å². The van der Waals surface area contributed by atoms with E-state index in [0.717, 1.165) is 31.9 Å². The van der Waals surface area contributed by atoms with Crippen molar-refractivity contribution >= 4 is 0 Å². The lowest BCUT2D eigenvalue weighted by Gasteiger charge is -2.37. The molecule has 0 aromatic carbocycles. The average molecular weight is 224 g/mol. The zero-order valence-electron chi connectivity index (χ0n) is 10.2.